The van der Waals surface area contributed by atoms with E-state index in [0.29, 0.717) is 39.2 Å². The molecule has 1 aromatic heterocycles. The van der Waals surface area contributed by atoms with E-state index in [1.165, 1.54) is 82.0 Å². The van der Waals surface area contributed by atoms with Crippen LogP contribution in [0.5, 0.6) is 0 Å². The van der Waals surface area contributed by atoms with Gasteiger partial charge in [0.2, 0.25) is 6.41 Å². The van der Waals surface area contributed by atoms with Gasteiger partial charge in [-0.15, -0.1) is 6.58 Å². The van der Waals surface area contributed by atoms with Crippen molar-refractivity contribution in [3.63, 3.8) is 0 Å². The van der Waals surface area contributed by atoms with Gasteiger partial charge in [0.25, 0.3) is 5.91 Å². The van der Waals surface area contributed by atoms with E-state index in [4.69, 9.17) is 9.90 Å². The zero-order valence-electron chi connectivity index (χ0n) is 32.8. The Kier molecular flexibility index (Phi) is 12.4. The Morgan fingerprint density at radius 3 is 2.36 bits per heavy atom. The summed E-state index contributed by atoms with van der Waals surface area (Å²) in [6.45, 7) is 15.3. The lowest BCUT2D eigenvalue weighted by atomic mass is 9.36. The highest BCUT2D eigenvalue weighted by Crippen LogP contribution is 2.73. The van der Waals surface area contributed by atoms with Gasteiger partial charge in [-0.05, 0) is 153 Å². The maximum absolute atomic E-state index is 13.0. The van der Waals surface area contributed by atoms with E-state index < -0.39 is 5.97 Å². The molecule has 0 aliphatic heterocycles. The summed E-state index contributed by atoms with van der Waals surface area (Å²) < 4.78 is 0. The topological polar surface area (TPSA) is 139 Å². The molecule has 8 nitrogen and oxygen atoms in total. The average molecular weight is 726 g/mol. The van der Waals surface area contributed by atoms with Crippen molar-refractivity contribution in [2.24, 2.45) is 57.0 Å². The first-order chi connectivity index (χ1) is 25.2. The molecule has 5 aliphatic rings. The van der Waals surface area contributed by atoms with Crippen molar-refractivity contribution in [2.45, 2.75) is 125 Å². The van der Waals surface area contributed by atoms with E-state index in [2.05, 4.69) is 62.4 Å². The van der Waals surface area contributed by atoms with Gasteiger partial charge < -0.3 is 16.2 Å². The molecule has 8 atom stereocenters. The number of allylic oxidation sites excluding steroid dienone is 1. The first kappa shape index (κ1) is 40.4. The Hall–Kier alpha value is -3.81. The molecule has 5 aliphatic carbocycles. The van der Waals surface area contributed by atoms with Gasteiger partial charge >= 0.3 is 5.97 Å². The van der Waals surface area contributed by atoms with Crippen molar-refractivity contribution in [1.82, 2.24) is 10.3 Å². The minimum absolute atomic E-state index is 0.132. The van der Waals surface area contributed by atoms with Crippen molar-refractivity contribution in [3.05, 3.63) is 77.6 Å². The number of hydrogen-bond donors (Lipinski definition) is 3. The third-order valence-electron chi connectivity index (χ3n) is 15.0. The molecule has 5 fully saturated rings. The van der Waals surface area contributed by atoms with Crippen LogP contribution in [0.15, 0.2) is 55.3 Å². The summed E-state index contributed by atoms with van der Waals surface area (Å²) in [5, 5.41) is 12.0. The second-order valence-corrected chi connectivity index (χ2v) is 17.8. The van der Waals surface area contributed by atoms with Crippen molar-refractivity contribution in [2.75, 3.05) is 0 Å². The van der Waals surface area contributed by atoms with E-state index in [1.54, 1.807) is 12.1 Å². The Labute approximate surface area is 317 Å². The number of aromatic nitrogens is 1. The number of Topliss-reactive ketones (excluding diaryl/α,β-unsaturated/α-hetero) is 1. The number of benzene rings is 1. The molecular weight excluding hydrogens is 663 g/mol. The minimum atomic E-state index is -1.01. The number of nitrogens with one attached hydrogen (secondary N) is 1. The summed E-state index contributed by atoms with van der Waals surface area (Å²) in [4.78, 5) is 49.9. The summed E-state index contributed by atoms with van der Waals surface area (Å²) in [6.07, 6.45) is 19.4. The van der Waals surface area contributed by atoms with E-state index in [1.807, 2.05) is 19.1 Å². The number of carbonyl (C=O) groups is 4. The molecule has 4 N–H and O–H groups in total. The lowest BCUT2D eigenvalue weighted by Crippen LogP contribution is -2.62. The van der Waals surface area contributed by atoms with E-state index in [9.17, 15) is 14.4 Å². The van der Waals surface area contributed by atoms with Crippen LogP contribution < -0.4 is 11.1 Å². The van der Waals surface area contributed by atoms with Crippen LogP contribution in [-0.4, -0.2) is 34.2 Å². The number of hydrogen-bond acceptors (Lipinski definition) is 5. The van der Waals surface area contributed by atoms with Gasteiger partial charge in [-0.2, -0.15) is 0 Å². The molecule has 1 aromatic carbocycles. The van der Waals surface area contributed by atoms with Crippen LogP contribution in [0.1, 0.15) is 144 Å². The predicted molar refractivity (Wildman–Crippen MR) is 209 cm³/mol. The molecule has 2 aromatic rings. The number of nitrogens with two attached hydrogens (primary N) is 1. The standard InChI is InChI=1S/C41H54N2O4.C3H6.CH3NO/c1-38(2)33-16-19-39(3)31-15-22-41(18-6-9-32(41)30(31)12-13-34(39)40(33,4)20-17-35(38)44)21-14-26-7-5-8-27(23-26)36(45)43-25-29-11-10-28(24-42-29)37(46)47;1-3-2;2-1-3/h5,7-8,10-11,23-24,30-34H,6,9,12-22,25H2,1-4H3,(H,43,45)(H,46,47);3H,1H2,2H3;1H,(H2,2,3). The fourth-order valence-electron chi connectivity index (χ4n) is 12.8. The van der Waals surface area contributed by atoms with Crippen LogP contribution in [0.3, 0.4) is 0 Å². The normalized spacial score (nSPS) is 33.5. The quantitative estimate of drug-likeness (QED) is 0.192. The number of carboxylic acid groups (broad SMARTS) is 1. The lowest BCUT2D eigenvalue weighted by Gasteiger charge is -2.68. The number of carboxylic acids is 1. The number of primary amides is 1. The number of ketones is 1. The zero-order chi connectivity index (χ0) is 38.6. The van der Waals surface area contributed by atoms with Crippen molar-refractivity contribution < 1.29 is 24.3 Å². The Bertz CT molecular complexity index is 1650. The van der Waals surface area contributed by atoms with Gasteiger partial charge in [0.1, 0.15) is 5.78 Å². The third kappa shape index (κ3) is 7.75. The maximum atomic E-state index is 13.0. The van der Waals surface area contributed by atoms with E-state index in [-0.39, 0.29) is 29.8 Å². The molecule has 8 heteroatoms. The number of nitrogens with zero attached hydrogens (tertiary/aromatic N) is 1. The molecule has 5 saturated carbocycles. The zero-order valence-corrected chi connectivity index (χ0v) is 32.8. The molecule has 288 valence electrons. The number of aryl methyl sites for hydroxylation is 1. The van der Waals surface area contributed by atoms with Crippen LogP contribution >= 0.6 is 0 Å². The number of amides is 2. The van der Waals surface area contributed by atoms with Gasteiger partial charge in [-0.1, -0.05) is 52.3 Å². The van der Waals surface area contributed by atoms with Gasteiger partial charge in [0, 0.05) is 23.6 Å². The first-order valence-electron chi connectivity index (χ1n) is 20.0. The van der Waals surface area contributed by atoms with Gasteiger partial charge in [-0.25, -0.2) is 4.79 Å². The van der Waals surface area contributed by atoms with Gasteiger partial charge in [-0.3, -0.25) is 19.4 Å². The second-order valence-electron chi connectivity index (χ2n) is 17.8. The van der Waals surface area contributed by atoms with Crippen LogP contribution in [0.25, 0.3) is 0 Å². The molecule has 1 heterocycles. The number of fused-ring (bicyclic) bond motifs is 7. The van der Waals surface area contributed by atoms with Crippen molar-refractivity contribution in [3.8, 4) is 0 Å². The SMILES string of the molecule is C=CC.CC1(C)C(=O)CCC2(C)C1CCC1(C)C3CCC4(CCc5cccc(C(=O)NCc6ccc(C(=O)O)cn6)c5)CCCC4C3CCC12.NC=O. The Balaban J connectivity index is 0.000000847. The Morgan fingerprint density at radius 1 is 0.943 bits per heavy atom. The summed E-state index contributed by atoms with van der Waals surface area (Å²) in [5.74, 6) is 3.10. The highest BCUT2D eigenvalue weighted by molar-refractivity contribution is 5.94. The Morgan fingerprint density at radius 2 is 1.68 bits per heavy atom. The molecule has 7 rings (SSSR count). The molecule has 0 bridgehead atoms. The largest absolute Gasteiger partial charge is 0.478 e. The maximum Gasteiger partial charge on any atom is 0.337 e. The molecule has 8 unspecified atom stereocenters. The molecule has 0 saturated heterocycles. The minimum Gasteiger partial charge on any atom is -0.478 e. The summed E-state index contributed by atoms with van der Waals surface area (Å²) >= 11 is 0. The van der Waals surface area contributed by atoms with Crippen LogP contribution in [0, 0.1) is 51.2 Å². The third-order valence-corrected chi connectivity index (χ3v) is 15.0. The summed E-state index contributed by atoms with van der Waals surface area (Å²) in [6, 6.07) is 11.3. The number of carbonyl (C=O) groups excluding carboxylic acids is 3. The number of pyridine rings is 1. The summed E-state index contributed by atoms with van der Waals surface area (Å²) in [7, 11) is 0. The molecule has 0 radical (unpaired) electrons. The van der Waals surface area contributed by atoms with Crippen LogP contribution in [-0.2, 0) is 22.6 Å². The average Bonchev–Trinajstić information content (AvgIpc) is 3.57. The fraction of sp³-hybridized carbons (Fsp3) is 0.622. The van der Waals surface area contributed by atoms with Crippen molar-refractivity contribution >= 4 is 24.1 Å². The molecule has 53 heavy (non-hydrogen) atoms. The fourth-order valence-corrected chi connectivity index (χ4v) is 12.8. The van der Waals surface area contributed by atoms with Crippen molar-refractivity contribution in [1.29, 1.82) is 0 Å². The predicted octanol–water partition coefficient (Wildman–Crippen LogP) is 8.97. The molecule has 2 amide bonds. The monoisotopic (exact) mass is 725 g/mol. The van der Waals surface area contributed by atoms with Gasteiger partial charge in [0.05, 0.1) is 17.8 Å². The van der Waals surface area contributed by atoms with E-state index >= 15 is 0 Å². The van der Waals surface area contributed by atoms with Gasteiger partial charge in [0.15, 0.2) is 0 Å². The lowest BCUT2D eigenvalue weighted by molar-refractivity contribution is -0.196. The number of rotatable bonds is 7. The smallest absolute Gasteiger partial charge is 0.337 e. The van der Waals surface area contributed by atoms with Crippen LogP contribution in [0.4, 0.5) is 0 Å². The molecular formula is C45H63N3O5. The molecule has 0 spiro atoms. The highest BCUT2D eigenvalue weighted by atomic mass is 16.4. The second kappa shape index (κ2) is 16.3. The number of aromatic carboxylic acids is 1. The summed E-state index contributed by atoms with van der Waals surface area (Å²) in [5.41, 5.74) is 7.77. The highest BCUT2D eigenvalue weighted by Gasteiger charge is 2.66. The first-order valence-corrected chi connectivity index (χ1v) is 20.0. The van der Waals surface area contributed by atoms with E-state index in [0.717, 1.165) is 42.9 Å². The van der Waals surface area contributed by atoms with Crippen LogP contribution in [0.2, 0.25) is 0 Å².